The Kier molecular flexibility index (Phi) is 3.28. The predicted molar refractivity (Wildman–Crippen MR) is 91.5 cm³/mol. The molecule has 0 saturated carbocycles. The number of rotatable bonds is 2. The van der Waals surface area contributed by atoms with Crippen molar-refractivity contribution in [2.24, 2.45) is 0 Å². The van der Waals surface area contributed by atoms with Gasteiger partial charge in [-0.15, -0.1) is 0 Å². The molecule has 0 amide bonds. The Labute approximate surface area is 127 Å². The molecule has 0 aliphatic carbocycles. The van der Waals surface area contributed by atoms with E-state index in [1.165, 1.54) is 28.2 Å². The predicted octanol–water partition coefficient (Wildman–Crippen LogP) is 3.65. The zero-order valence-electron chi connectivity index (χ0n) is 13.5. The molecule has 3 heteroatoms. The first-order chi connectivity index (χ1) is 9.99. The molecule has 0 saturated heterocycles. The van der Waals surface area contributed by atoms with Gasteiger partial charge in [0.05, 0.1) is 11.4 Å². The second-order valence-electron chi connectivity index (χ2n) is 6.07. The Morgan fingerprint density at radius 3 is 2.10 bits per heavy atom. The maximum Gasteiger partial charge on any atom is 0.128 e. The number of fused-ring (bicyclic) bond motifs is 1. The van der Waals surface area contributed by atoms with Crippen LogP contribution in [-0.2, 0) is 0 Å². The lowest BCUT2D eigenvalue weighted by molar-refractivity contribution is 0.694. The van der Waals surface area contributed by atoms with Crippen LogP contribution < -0.4 is 14.7 Å². The van der Waals surface area contributed by atoms with E-state index in [1.54, 1.807) is 0 Å². The van der Waals surface area contributed by atoms with Crippen molar-refractivity contribution in [3.05, 3.63) is 53.6 Å². The van der Waals surface area contributed by atoms with E-state index in [9.17, 15) is 0 Å². The van der Waals surface area contributed by atoms with Crippen molar-refractivity contribution in [3.63, 3.8) is 0 Å². The number of benzene rings is 2. The molecule has 3 nitrogen and oxygen atoms in total. The van der Waals surface area contributed by atoms with Crippen LogP contribution in [0.25, 0.3) is 0 Å². The van der Waals surface area contributed by atoms with Crippen LogP contribution >= 0.6 is 0 Å². The molecule has 0 aromatic heterocycles. The summed E-state index contributed by atoms with van der Waals surface area (Å²) in [6.45, 7) is 2.15. The lowest BCUT2D eigenvalue weighted by Gasteiger charge is -2.28. The topological polar surface area (TPSA) is 9.72 Å². The molecule has 3 rings (SSSR count). The zero-order chi connectivity index (χ0) is 15.1. The van der Waals surface area contributed by atoms with Crippen LogP contribution in [0.5, 0.6) is 0 Å². The summed E-state index contributed by atoms with van der Waals surface area (Å²) in [5.74, 6) is 0. The van der Waals surface area contributed by atoms with Crippen molar-refractivity contribution in [1.29, 1.82) is 0 Å². The molecule has 0 N–H and O–H groups in total. The van der Waals surface area contributed by atoms with E-state index in [0.29, 0.717) is 0 Å². The summed E-state index contributed by atoms with van der Waals surface area (Å²) in [5, 5.41) is 0. The first-order valence-electron chi connectivity index (χ1n) is 7.32. The van der Waals surface area contributed by atoms with Crippen molar-refractivity contribution >= 4 is 17.1 Å². The minimum Gasteiger partial charge on any atom is -0.378 e. The Morgan fingerprint density at radius 1 is 0.857 bits per heavy atom. The summed E-state index contributed by atoms with van der Waals surface area (Å²) >= 11 is 0. The van der Waals surface area contributed by atoms with Crippen LogP contribution in [0.3, 0.4) is 0 Å². The molecule has 0 fully saturated rings. The van der Waals surface area contributed by atoms with Gasteiger partial charge in [-0.2, -0.15) is 0 Å². The van der Waals surface area contributed by atoms with Crippen molar-refractivity contribution < 1.29 is 0 Å². The average molecular weight is 281 g/mol. The van der Waals surface area contributed by atoms with E-state index in [4.69, 9.17) is 0 Å². The molecule has 2 aromatic carbocycles. The second-order valence-corrected chi connectivity index (χ2v) is 6.07. The molecular formula is C18H23N3. The number of anilines is 3. The fourth-order valence-corrected chi connectivity index (χ4v) is 3.13. The van der Waals surface area contributed by atoms with Crippen molar-refractivity contribution in [3.8, 4) is 0 Å². The third kappa shape index (κ3) is 2.23. The van der Waals surface area contributed by atoms with Crippen LogP contribution in [-0.4, -0.2) is 28.2 Å². The highest BCUT2D eigenvalue weighted by Gasteiger charge is 2.32. The zero-order valence-corrected chi connectivity index (χ0v) is 13.5. The number of hydrogen-bond donors (Lipinski definition) is 0. The van der Waals surface area contributed by atoms with Gasteiger partial charge in [-0.3, -0.25) is 0 Å². The van der Waals surface area contributed by atoms with E-state index in [0.717, 1.165) is 0 Å². The minimum atomic E-state index is 0.262. The summed E-state index contributed by atoms with van der Waals surface area (Å²) in [5.41, 5.74) is 6.46. The Balaban J connectivity index is 1.97. The highest BCUT2D eigenvalue weighted by molar-refractivity contribution is 5.78. The third-order valence-electron chi connectivity index (χ3n) is 4.33. The van der Waals surface area contributed by atoms with Crippen LogP contribution in [0, 0.1) is 6.92 Å². The maximum absolute atomic E-state index is 2.35. The van der Waals surface area contributed by atoms with E-state index in [2.05, 4.69) is 92.3 Å². The van der Waals surface area contributed by atoms with Gasteiger partial charge in [0.15, 0.2) is 0 Å². The van der Waals surface area contributed by atoms with Crippen LogP contribution in [0.1, 0.15) is 17.3 Å². The molecule has 2 aromatic rings. The quantitative estimate of drug-likeness (QED) is 0.832. The number of aryl methyl sites for hydroxylation is 1. The smallest absolute Gasteiger partial charge is 0.128 e. The van der Waals surface area contributed by atoms with E-state index in [1.807, 2.05) is 0 Å². The van der Waals surface area contributed by atoms with Gasteiger partial charge in [0.1, 0.15) is 6.17 Å². The molecule has 1 aliphatic rings. The van der Waals surface area contributed by atoms with Crippen molar-refractivity contribution in [2.75, 3.05) is 42.9 Å². The lowest BCUT2D eigenvalue weighted by atomic mass is 10.1. The molecular weight excluding hydrogens is 258 g/mol. The summed E-state index contributed by atoms with van der Waals surface area (Å²) in [7, 11) is 8.48. The Morgan fingerprint density at radius 2 is 1.48 bits per heavy atom. The van der Waals surface area contributed by atoms with Gasteiger partial charge in [0.25, 0.3) is 0 Å². The van der Waals surface area contributed by atoms with E-state index < -0.39 is 0 Å². The highest BCUT2D eigenvalue weighted by atomic mass is 15.4. The number of nitrogens with zero attached hydrogens (tertiary/aromatic N) is 3. The summed E-state index contributed by atoms with van der Waals surface area (Å²) in [6, 6.07) is 15.5. The van der Waals surface area contributed by atoms with Gasteiger partial charge in [0.2, 0.25) is 0 Å². The van der Waals surface area contributed by atoms with Gasteiger partial charge in [0, 0.05) is 33.9 Å². The van der Waals surface area contributed by atoms with Crippen molar-refractivity contribution in [1.82, 2.24) is 0 Å². The standard InChI is InChI=1S/C18H23N3/c1-13-6-11-16-17(12-13)21(5)18(20(16)4)14-7-9-15(10-8-14)19(2)3/h6-12,18H,1-5H3. The van der Waals surface area contributed by atoms with Gasteiger partial charge in [-0.1, -0.05) is 18.2 Å². The summed E-state index contributed by atoms with van der Waals surface area (Å²) < 4.78 is 0. The molecule has 21 heavy (non-hydrogen) atoms. The van der Waals surface area contributed by atoms with Crippen LogP contribution in [0.4, 0.5) is 17.1 Å². The van der Waals surface area contributed by atoms with E-state index >= 15 is 0 Å². The fraction of sp³-hybridized carbons (Fsp3) is 0.333. The van der Waals surface area contributed by atoms with Crippen LogP contribution in [0.2, 0.25) is 0 Å². The second kappa shape index (κ2) is 4.99. The first-order valence-corrected chi connectivity index (χ1v) is 7.32. The minimum absolute atomic E-state index is 0.262. The van der Waals surface area contributed by atoms with Gasteiger partial charge >= 0.3 is 0 Å². The first kappa shape index (κ1) is 13.8. The normalized spacial score (nSPS) is 17.1. The SMILES string of the molecule is Cc1ccc2c(c1)N(C)C(c1ccc(N(C)C)cc1)N2C. The molecule has 0 spiro atoms. The van der Waals surface area contributed by atoms with Crippen molar-refractivity contribution in [2.45, 2.75) is 13.1 Å². The van der Waals surface area contributed by atoms with Gasteiger partial charge < -0.3 is 14.7 Å². The van der Waals surface area contributed by atoms with Gasteiger partial charge in [-0.05, 0) is 42.3 Å². The maximum atomic E-state index is 2.35. The van der Waals surface area contributed by atoms with E-state index in [-0.39, 0.29) is 6.17 Å². The molecule has 1 atom stereocenters. The summed E-state index contributed by atoms with van der Waals surface area (Å²) in [6.07, 6.45) is 0.262. The molecule has 1 heterocycles. The third-order valence-corrected chi connectivity index (χ3v) is 4.33. The Hall–Kier alpha value is -2.16. The fourth-order valence-electron chi connectivity index (χ4n) is 3.13. The summed E-state index contributed by atoms with van der Waals surface area (Å²) in [4.78, 5) is 6.83. The van der Waals surface area contributed by atoms with Gasteiger partial charge in [-0.25, -0.2) is 0 Å². The molecule has 110 valence electrons. The Bertz CT molecular complexity index is 646. The molecule has 0 radical (unpaired) electrons. The average Bonchev–Trinajstić information content (AvgIpc) is 2.70. The molecule has 1 aliphatic heterocycles. The number of hydrogen-bond acceptors (Lipinski definition) is 3. The largest absolute Gasteiger partial charge is 0.378 e. The highest BCUT2D eigenvalue weighted by Crippen LogP contribution is 2.44. The van der Waals surface area contributed by atoms with Crippen LogP contribution in [0.15, 0.2) is 42.5 Å². The molecule has 0 bridgehead atoms. The molecule has 1 unspecified atom stereocenters. The lowest BCUT2D eigenvalue weighted by Crippen LogP contribution is -2.30. The monoisotopic (exact) mass is 281 g/mol.